The summed E-state index contributed by atoms with van der Waals surface area (Å²) in [7, 11) is 0. The summed E-state index contributed by atoms with van der Waals surface area (Å²) in [5.74, 6) is 1.59. The van der Waals surface area contributed by atoms with Crippen LogP contribution in [0.1, 0.15) is 44.9 Å². The summed E-state index contributed by atoms with van der Waals surface area (Å²) in [5, 5.41) is 1.17. The summed E-state index contributed by atoms with van der Waals surface area (Å²) in [6, 6.07) is 0.523. The molecule has 2 fully saturated rings. The predicted octanol–water partition coefficient (Wildman–Crippen LogP) is 3.44. The molecule has 0 aromatic rings. The zero-order valence-corrected chi connectivity index (χ0v) is 12.8. The summed E-state index contributed by atoms with van der Waals surface area (Å²) >= 11 is 5.35. The number of amides is 1. The van der Waals surface area contributed by atoms with E-state index in [9.17, 15) is 4.79 Å². The Labute approximate surface area is 117 Å². The van der Waals surface area contributed by atoms with E-state index >= 15 is 0 Å². The van der Waals surface area contributed by atoms with Crippen molar-refractivity contribution < 1.29 is 4.79 Å². The number of carbonyl (C=O) groups is 1. The van der Waals surface area contributed by atoms with Gasteiger partial charge in [0.25, 0.3) is 0 Å². The molecule has 1 saturated carbocycles. The highest BCUT2D eigenvalue weighted by Gasteiger charge is 2.32. The van der Waals surface area contributed by atoms with Gasteiger partial charge in [-0.3, -0.25) is 4.79 Å². The first kappa shape index (κ1) is 13.7. The maximum Gasteiger partial charge on any atom is 0.235 e. The monoisotopic (exact) mass is 319 g/mol. The quantitative estimate of drug-likeness (QED) is 0.740. The minimum Gasteiger partial charge on any atom is -0.338 e. The maximum absolute atomic E-state index is 12.5. The smallest absolute Gasteiger partial charge is 0.235 e. The zero-order valence-electron chi connectivity index (χ0n) is 10.4. The van der Waals surface area contributed by atoms with Gasteiger partial charge in [-0.1, -0.05) is 35.2 Å². The Hall–Kier alpha value is 0.300. The van der Waals surface area contributed by atoms with Gasteiger partial charge in [0.05, 0.1) is 5.25 Å². The van der Waals surface area contributed by atoms with Crippen LogP contribution in [0.5, 0.6) is 0 Å². The third-order valence-corrected chi connectivity index (χ3v) is 5.55. The second-order valence-corrected chi connectivity index (χ2v) is 7.12. The van der Waals surface area contributed by atoms with Gasteiger partial charge in [0.1, 0.15) is 0 Å². The number of hydrogen-bond donors (Lipinski definition) is 0. The Morgan fingerprint density at radius 2 is 1.94 bits per heavy atom. The fourth-order valence-electron chi connectivity index (χ4n) is 2.91. The first-order valence-electron chi connectivity index (χ1n) is 6.81. The summed E-state index contributed by atoms with van der Waals surface area (Å²) in [6.07, 6.45) is 8.70. The van der Waals surface area contributed by atoms with Crippen LogP contribution in [0, 0.1) is 0 Å². The number of thioether (sulfide) groups is 1. The standard InChI is InChI=1S/C13H22BrNOS/c14-8-9-15(11-5-2-1-3-6-11)13(16)12-7-4-10-17-12/h11-12H,1-10H2. The molecule has 1 unspecified atom stereocenters. The van der Waals surface area contributed by atoms with Crippen molar-refractivity contribution in [3.8, 4) is 0 Å². The molecule has 0 aromatic carbocycles. The van der Waals surface area contributed by atoms with Crippen molar-refractivity contribution >= 4 is 33.6 Å². The molecule has 1 heterocycles. The van der Waals surface area contributed by atoms with Gasteiger partial charge in [-0.05, 0) is 31.4 Å². The van der Waals surface area contributed by atoms with Gasteiger partial charge in [-0.15, -0.1) is 11.8 Å². The molecule has 1 atom stereocenters. The van der Waals surface area contributed by atoms with Gasteiger partial charge < -0.3 is 4.90 Å². The molecule has 0 spiro atoms. The van der Waals surface area contributed by atoms with Gasteiger partial charge >= 0.3 is 0 Å². The molecule has 17 heavy (non-hydrogen) atoms. The van der Waals surface area contributed by atoms with Crippen LogP contribution in [0.15, 0.2) is 0 Å². The third-order valence-electron chi connectivity index (χ3n) is 3.83. The molecule has 2 nitrogen and oxygen atoms in total. The molecule has 0 radical (unpaired) electrons. The van der Waals surface area contributed by atoms with E-state index in [1.807, 2.05) is 11.8 Å². The molecule has 2 rings (SSSR count). The van der Waals surface area contributed by atoms with Gasteiger partial charge in [0.15, 0.2) is 0 Å². The molecular formula is C13H22BrNOS. The third kappa shape index (κ3) is 3.63. The van der Waals surface area contributed by atoms with Crippen molar-refractivity contribution in [3.63, 3.8) is 0 Å². The van der Waals surface area contributed by atoms with E-state index in [0.717, 1.165) is 18.3 Å². The van der Waals surface area contributed by atoms with Gasteiger partial charge in [0, 0.05) is 17.9 Å². The van der Waals surface area contributed by atoms with E-state index in [0.29, 0.717) is 11.9 Å². The van der Waals surface area contributed by atoms with Crippen molar-refractivity contribution in [3.05, 3.63) is 0 Å². The first-order valence-corrected chi connectivity index (χ1v) is 8.98. The van der Waals surface area contributed by atoms with Crippen LogP contribution in [0.25, 0.3) is 0 Å². The normalized spacial score (nSPS) is 26.1. The van der Waals surface area contributed by atoms with Crippen LogP contribution in [-0.4, -0.2) is 39.7 Å². The number of rotatable bonds is 4. The SMILES string of the molecule is O=C(C1CCCS1)N(CCBr)C1CCCCC1. The Balaban J connectivity index is 1.96. The molecule has 2 aliphatic rings. The average Bonchev–Trinajstić information content (AvgIpc) is 2.90. The van der Waals surface area contributed by atoms with Crippen molar-refractivity contribution in [2.75, 3.05) is 17.6 Å². The number of carbonyl (C=O) groups excluding carboxylic acids is 1. The van der Waals surface area contributed by atoms with E-state index < -0.39 is 0 Å². The lowest BCUT2D eigenvalue weighted by atomic mass is 9.94. The predicted molar refractivity (Wildman–Crippen MR) is 77.9 cm³/mol. The van der Waals surface area contributed by atoms with Crippen molar-refractivity contribution in [2.24, 2.45) is 0 Å². The molecular weight excluding hydrogens is 298 g/mol. The fraction of sp³-hybridized carbons (Fsp3) is 0.923. The highest BCUT2D eigenvalue weighted by molar-refractivity contribution is 9.09. The van der Waals surface area contributed by atoms with E-state index in [2.05, 4.69) is 20.8 Å². The van der Waals surface area contributed by atoms with Gasteiger partial charge in [-0.2, -0.15) is 0 Å². The minimum atomic E-state index is 0.260. The highest BCUT2D eigenvalue weighted by atomic mass is 79.9. The molecule has 0 aromatic heterocycles. The molecule has 1 aliphatic heterocycles. The fourth-order valence-corrected chi connectivity index (χ4v) is 4.53. The summed E-state index contributed by atoms with van der Waals surface area (Å²) in [6.45, 7) is 0.889. The molecule has 1 saturated heterocycles. The Bertz CT molecular complexity index is 250. The lowest BCUT2D eigenvalue weighted by Gasteiger charge is -2.35. The van der Waals surface area contributed by atoms with Crippen LogP contribution >= 0.6 is 27.7 Å². The van der Waals surface area contributed by atoms with Crippen molar-refractivity contribution in [2.45, 2.75) is 56.2 Å². The van der Waals surface area contributed by atoms with Crippen molar-refractivity contribution in [1.29, 1.82) is 0 Å². The molecule has 98 valence electrons. The van der Waals surface area contributed by atoms with Crippen LogP contribution in [0.2, 0.25) is 0 Å². The average molecular weight is 320 g/mol. The van der Waals surface area contributed by atoms with E-state index in [-0.39, 0.29) is 5.25 Å². The van der Waals surface area contributed by atoms with E-state index in [1.165, 1.54) is 44.3 Å². The Morgan fingerprint density at radius 1 is 1.18 bits per heavy atom. The van der Waals surface area contributed by atoms with Crippen LogP contribution < -0.4 is 0 Å². The lowest BCUT2D eigenvalue weighted by molar-refractivity contribution is -0.133. The molecule has 1 aliphatic carbocycles. The van der Waals surface area contributed by atoms with Gasteiger partial charge in [-0.25, -0.2) is 0 Å². The topological polar surface area (TPSA) is 20.3 Å². The van der Waals surface area contributed by atoms with Crippen LogP contribution in [-0.2, 0) is 4.79 Å². The molecule has 0 bridgehead atoms. The Morgan fingerprint density at radius 3 is 2.53 bits per heavy atom. The van der Waals surface area contributed by atoms with E-state index in [4.69, 9.17) is 0 Å². The van der Waals surface area contributed by atoms with Crippen LogP contribution in [0.4, 0.5) is 0 Å². The first-order chi connectivity index (χ1) is 8.33. The summed E-state index contributed by atoms with van der Waals surface area (Å²) in [5.41, 5.74) is 0. The summed E-state index contributed by atoms with van der Waals surface area (Å²) in [4.78, 5) is 14.7. The Kier molecular flexibility index (Phi) is 5.67. The second kappa shape index (κ2) is 7.03. The number of hydrogen-bond acceptors (Lipinski definition) is 2. The second-order valence-electron chi connectivity index (χ2n) is 5.01. The molecule has 1 amide bonds. The number of alkyl halides is 1. The number of halogens is 1. The maximum atomic E-state index is 12.5. The number of nitrogens with zero attached hydrogens (tertiary/aromatic N) is 1. The van der Waals surface area contributed by atoms with Crippen molar-refractivity contribution in [1.82, 2.24) is 4.90 Å². The largest absolute Gasteiger partial charge is 0.338 e. The minimum absolute atomic E-state index is 0.260. The van der Waals surface area contributed by atoms with Gasteiger partial charge in [0.2, 0.25) is 5.91 Å². The lowest BCUT2D eigenvalue weighted by Crippen LogP contribution is -2.46. The summed E-state index contributed by atoms with van der Waals surface area (Å²) < 4.78 is 0. The van der Waals surface area contributed by atoms with Crippen LogP contribution in [0.3, 0.4) is 0 Å². The highest BCUT2D eigenvalue weighted by Crippen LogP contribution is 2.30. The van der Waals surface area contributed by atoms with E-state index in [1.54, 1.807) is 0 Å². The zero-order chi connectivity index (χ0) is 12.1. The molecule has 4 heteroatoms. The molecule has 0 N–H and O–H groups in total.